The molecule has 0 aromatic rings. The number of rotatable bonds is 5. The standard InChI is InChI=1S/C9H18F3N3O/c1-6(2)7(3-4-13)15-8(16)14-5-9(10,11)12/h6-7H,3-5,13H2,1-2H3,(H2,14,15,16). The molecule has 2 amide bonds. The van der Waals surface area contributed by atoms with Crippen LogP contribution in [0.25, 0.3) is 0 Å². The number of amides is 2. The summed E-state index contributed by atoms with van der Waals surface area (Å²) in [5.74, 6) is 0.125. The van der Waals surface area contributed by atoms with Crippen LogP contribution in [0.1, 0.15) is 20.3 Å². The number of alkyl halides is 3. The Hall–Kier alpha value is -0.980. The van der Waals surface area contributed by atoms with E-state index in [4.69, 9.17) is 5.73 Å². The number of urea groups is 1. The average Bonchev–Trinajstić information content (AvgIpc) is 2.13. The summed E-state index contributed by atoms with van der Waals surface area (Å²) in [5.41, 5.74) is 5.33. The number of hydrogen-bond donors (Lipinski definition) is 3. The second kappa shape index (κ2) is 6.57. The molecule has 0 spiro atoms. The van der Waals surface area contributed by atoms with Crippen LogP contribution in [-0.2, 0) is 0 Å². The van der Waals surface area contributed by atoms with Gasteiger partial charge in [-0.15, -0.1) is 0 Å². The summed E-state index contributed by atoms with van der Waals surface area (Å²) in [6.07, 6.45) is -3.85. The van der Waals surface area contributed by atoms with Crippen molar-refractivity contribution in [1.82, 2.24) is 10.6 Å². The lowest BCUT2D eigenvalue weighted by atomic mass is 10.0. The van der Waals surface area contributed by atoms with Crippen molar-refractivity contribution in [1.29, 1.82) is 0 Å². The highest BCUT2D eigenvalue weighted by Crippen LogP contribution is 2.12. The largest absolute Gasteiger partial charge is 0.405 e. The van der Waals surface area contributed by atoms with Gasteiger partial charge in [0.05, 0.1) is 0 Å². The van der Waals surface area contributed by atoms with Crippen LogP contribution >= 0.6 is 0 Å². The molecule has 0 saturated carbocycles. The smallest absolute Gasteiger partial charge is 0.335 e. The average molecular weight is 241 g/mol. The molecule has 0 aromatic carbocycles. The molecule has 0 radical (unpaired) electrons. The summed E-state index contributed by atoms with van der Waals surface area (Å²) < 4.78 is 35.4. The minimum Gasteiger partial charge on any atom is -0.335 e. The van der Waals surface area contributed by atoms with Gasteiger partial charge in [-0.2, -0.15) is 13.2 Å². The highest BCUT2D eigenvalue weighted by Gasteiger charge is 2.28. The Morgan fingerprint density at radius 3 is 2.31 bits per heavy atom. The van der Waals surface area contributed by atoms with Gasteiger partial charge < -0.3 is 16.4 Å². The van der Waals surface area contributed by atoms with Crippen LogP contribution in [-0.4, -0.2) is 31.3 Å². The first-order valence-electron chi connectivity index (χ1n) is 5.07. The molecule has 0 rings (SSSR count). The molecule has 7 heteroatoms. The molecular weight excluding hydrogens is 223 g/mol. The second-order valence-electron chi connectivity index (χ2n) is 3.87. The molecule has 1 atom stereocenters. The molecule has 0 aromatic heterocycles. The Bertz CT molecular complexity index is 219. The predicted octanol–water partition coefficient (Wildman–Crippen LogP) is 1.22. The molecule has 4 nitrogen and oxygen atoms in total. The first-order chi connectivity index (χ1) is 7.26. The van der Waals surface area contributed by atoms with E-state index in [9.17, 15) is 18.0 Å². The summed E-state index contributed by atoms with van der Waals surface area (Å²) in [6.45, 7) is 2.78. The highest BCUT2D eigenvalue weighted by molar-refractivity contribution is 5.74. The Morgan fingerprint density at radius 1 is 1.38 bits per heavy atom. The summed E-state index contributed by atoms with van der Waals surface area (Å²) in [6, 6.07) is -1.03. The number of nitrogens with one attached hydrogen (secondary N) is 2. The molecular formula is C9H18F3N3O. The summed E-state index contributed by atoms with van der Waals surface area (Å²) in [5, 5.41) is 4.21. The number of nitrogens with two attached hydrogens (primary N) is 1. The highest BCUT2D eigenvalue weighted by atomic mass is 19.4. The van der Waals surface area contributed by atoms with Gasteiger partial charge in [0.2, 0.25) is 0 Å². The zero-order valence-corrected chi connectivity index (χ0v) is 9.40. The molecule has 4 N–H and O–H groups in total. The Balaban J connectivity index is 4.00. The van der Waals surface area contributed by atoms with Crippen molar-refractivity contribution in [2.24, 2.45) is 11.7 Å². The number of carbonyl (C=O) groups is 1. The summed E-state index contributed by atoms with van der Waals surface area (Å²) in [7, 11) is 0. The molecule has 16 heavy (non-hydrogen) atoms. The molecule has 0 fully saturated rings. The van der Waals surface area contributed by atoms with Crippen molar-refractivity contribution in [3.8, 4) is 0 Å². The van der Waals surface area contributed by atoms with Gasteiger partial charge in [-0.25, -0.2) is 4.79 Å². The third-order valence-electron chi connectivity index (χ3n) is 2.05. The lowest BCUT2D eigenvalue weighted by Crippen LogP contribution is -2.47. The van der Waals surface area contributed by atoms with Crippen LogP contribution < -0.4 is 16.4 Å². The van der Waals surface area contributed by atoms with Gasteiger partial charge in [0.15, 0.2) is 0 Å². The first kappa shape index (κ1) is 15.0. The molecule has 0 heterocycles. The maximum absolute atomic E-state index is 11.8. The molecule has 0 aliphatic heterocycles. The maximum Gasteiger partial charge on any atom is 0.405 e. The second-order valence-corrected chi connectivity index (χ2v) is 3.87. The third kappa shape index (κ3) is 7.33. The molecule has 0 saturated heterocycles. The van der Waals surface area contributed by atoms with E-state index >= 15 is 0 Å². The molecule has 0 aliphatic carbocycles. The molecule has 0 aliphatic rings. The van der Waals surface area contributed by atoms with Crippen LogP contribution in [0.2, 0.25) is 0 Å². The van der Waals surface area contributed by atoms with Crippen LogP contribution in [0.3, 0.4) is 0 Å². The topological polar surface area (TPSA) is 67.1 Å². The monoisotopic (exact) mass is 241 g/mol. The van der Waals surface area contributed by atoms with Crippen LogP contribution in [0.15, 0.2) is 0 Å². The van der Waals surface area contributed by atoms with E-state index < -0.39 is 18.8 Å². The minimum absolute atomic E-state index is 0.125. The van der Waals surface area contributed by atoms with E-state index in [1.54, 1.807) is 5.32 Å². The Kier molecular flexibility index (Phi) is 6.17. The fraction of sp³-hybridized carbons (Fsp3) is 0.889. The van der Waals surface area contributed by atoms with Crippen molar-refractivity contribution in [2.75, 3.05) is 13.1 Å². The van der Waals surface area contributed by atoms with E-state index in [-0.39, 0.29) is 12.0 Å². The third-order valence-corrected chi connectivity index (χ3v) is 2.05. The fourth-order valence-corrected chi connectivity index (χ4v) is 1.15. The van der Waals surface area contributed by atoms with Gasteiger partial charge in [-0.1, -0.05) is 13.8 Å². The zero-order chi connectivity index (χ0) is 12.8. The Labute approximate surface area is 92.8 Å². The number of hydrogen-bond acceptors (Lipinski definition) is 2. The fourth-order valence-electron chi connectivity index (χ4n) is 1.15. The van der Waals surface area contributed by atoms with Crippen molar-refractivity contribution in [3.05, 3.63) is 0 Å². The zero-order valence-electron chi connectivity index (χ0n) is 9.40. The van der Waals surface area contributed by atoms with E-state index in [0.717, 1.165) is 0 Å². The van der Waals surface area contributed by atoms with Crippen molar-refractivity contribution in [3.63, 3.8) is 0 Å². The quantitative estimate of drug-likeness (QED) is 0.677. The van der Waals surface area contributed by atoms with Gasteiger partial charge in [0.25, 0.3) is 0 Å². The van der Waals surface area contributed by atoms with E-state index in [2.05, 4.69) is 5.32 Å². The van der Waals surface area contributed by atoms with Crippen molar-refractivity contribution in [2.45, 2.75) is 32.5 Å². The maximum atomic E-state index is 11.8. The van der Waals surface area contributed by atoms with Crippen LogP contribution in [0.5, 0.6) is 0 Å². The van der Waals surface area contributed by atoms with Crippen molar-refractivity contribution < 1.29 is 18.0 Å². The van der Waals surface area contributed by atoms with Crippen LogP contribution in [0, 0.1) is 5.92 Å². The van der Waals surface area contributed by atoms with E-state index in [0.29, 0.717) is 13.0 Å². The SMILES string of the molecule is CC(C)C(CCN)NC(=O)NCC(F)(F)F. The normalized spacial score (nSPS) is 13.7. The lowest BCUT2D eigenvalue weighted by molar-refractivity contribution is -0.122. The lowest BCUT2D eigenvalue weighted by Gasteiger charge is -2.22. The van der Waals surface area contributed by atoms with Gasteiger partial charge in [-0.05, 0) is 18.9 Å². The van der Waals surface area contributed by atoms with Gasteiger partial charge >= 0.3 is 12.2 Å². The van der Waals surface area contributed by atoms with Gasteiger partial charge in [0, 0.05) is 6.04 Å². The van der Waals surface area contributed by atoms with E-state index in [1.807, 2.05) is 13.8 Å². The van der Waals surface area contributed by atoms with Crippen LogP contribution in [0.4, 0.5) is 18.0 Å². The summed E-state index contributed by atoms with van der Waals surface area (Å²) >= 11 is 0. The van der Waals surface area contributed by atoms with Gasteiger partial charge in [-0.3, -0.25) is 0 Å². The molecule has 96 valence electrons. The molecule has 1 unspecified atom stereocenters. The first-order valence-corrected chi connectivity index (χ1v) is 5.07. The molecule has 0 bridgehead atoms. The predicted molar refractivity (Wildman–Crippen MR) is 54.9 cm³/mol. The summed E-state index contributed by atoms with van der Waals surface area (Å²) in [4.78, 5) is 11.1. The number of halogens is 3. The Morgan fingerprint density at radius 2 is 1.94 bits per heavy atom. The number of carbonyl (C=O) groups excluding carboxylic acids is 1. The van der Waals surface area contributed by atoms with Gasteiger partial charge in [0.1, 0.15) is 6.54 Å². The van der Waals surface area contributed by atoms with E-state index in [1.165, 1.54) is 0 Å². The van der Waals surface area contributed by atoms with Crippen molar-refractivity contribution >= 4 is 6.03 Å². The minimum atomic E-state index is -4.39.